The fraction of sp³-hybridized carbons (Fsp3) is 0.512. The first-order valence-corrected chi connectivity index (χ1v) is 21.8. The average molecular weight is 804 g/mol. The van der Waals surface area contributed by atoms with E-state index in [2.05, 4.69) is 49.1 Å². The highest BCUT2D eigenvalue weighted by molar-refractivity contribution is 7.90. The van der Waals surface area contributed by atoms with E-state index in [-0.39, 0.29) is 28.7 Å². The molecule has 0 unspecified atom stereocenters. The van der Waals surface area contributed by atoms with Crippen molar-refractivity contribution in [3.8, 4) is 5.75 Å². The van der Waals surface area contributed by atoms with Crippen LogP contribution < -0.4 is 24.6 Å². The van der Waals surface area contributed by atoms with Crippen LogP contribution in [0.5, 0.6) is 5.75 Å². The molecular formula is C43H54ClN5O6S. The number of nitrogens with one attached hydrogen (secondary N) is 2. The number of sulfonamides is 1. The molecule has 11 nitrogen and oxygen atoms in total. The monoisotopic (exact) mass is 803 g/mol. The molecule has 2 aliphatic carbocycles. The minimum Gasteiger partial charge on any atom is -0.490 e. The summed E-state index contributed by atoms with van der Waals surface area (Å²) in [6.45, 7) is 9.55. The quantitative estimate of drug-likeness (QED) is 0.242. The molecule has 2 N–H and O–H groups in total. The lowest BCUT2D eigenvalue weighted by molar-refractivity contribution is -0.135. The Morgan fingerprint density at radius 3 is 2.54 bits per heavy atom. The summed E-state index contributed by atoms with van der Waals surface area (Å²) in [6, 6.07) is 15.4. The molecule has 1 aromatic heterocycles. The first-order valence-electron chi connectivity index (χ1n) is 19.9. The van der Waals surface area contributed by atoms with Crippen molar-refractivity contribution >= 4 is 45.2 Å². The van der Waals surface area contributed by atoms with E-state index >= 15 is 0 Å². The van der Waals surface area contributed by atoms with Gasteiger partial charge < -0.3 is 24.6 Å². The third-order valence-electron chi connectivity index (χ3n) is 12.8. The molecule has 2 aromatic carbocycles. The number of aryl methyl sites for hydroxylation is 1. The number of carbonyl (C=O) groups excluding carboxylic acids is 2. The Kier molecular flexibility index (Phi) is 12.1. The summed E-state index contributed by atoms with van der Waals surface area (Å²) in [6.07, 6.45) is 13.3. The van der Waals surface area contributed by atoms with Crippen molar-refractivity contribution in [1.82, 2.24) is 15.0 Å². The van der Waals surface area contributed by atoms with Crippen molar-refractivity contribution in [2.24, 2.45) is 17.8 Å². The van der Waals surface area contributed by atoms with E-state index in [1.54, 1.807) is 32.2 Å². The van der Waals surface area contributed by atoms with Gasteiger partial charge in [0.1, 0.15) is 11.4 Å². The van der Waals surface area contributed by atoms with Gasteiger partial charge in [0.15, 0.2) is 6.29 Å². The number of anilines is 2. The summed E-state index contributed by atoms with van der Waals surface area (Å²) in [7, 11) is -2.41. The van der Waals surface area contributed by atoms with Crippen LogP contribution >= 0.6 is 11.6 Å². The summed E-state index contributed by atoms with van der Waals surface area (Å²) >= 11 is 6.40. The van der Waals surface area contributed by atoms with Crippen molar-refractivity contribution < 1.29 is 27.5 Å². The average Bonchev–Trinajstić information content (AvgIpc) is 3.35. The number of fused-ring (bicyclic) bond motifs is 4. The van der Waals surface area contributed by atoms with E-state index in [0.29, 0.717) is 36.9 Å². The number of amides is 1. The predicted octanol–water partition coefficient (Wildman–Crippen LogP) is 5.96. The standard InChI is InChI=1S/C34H41ClN2O6S.C9H13N3/c1-22-6-4-15-34(20-38,42-3)29-11-8-26(29)18-37-19-33(14-5-7-24-16-27(35)10-12-28(24)33)21-43-31-13-9-25(17-30(31)37)32(39)36-44(40,41)23(22)2;1-3-10-4-2-9(1)12-7-5-11-6-8-12/h4,9-10,12-13,15-17,20,22-23,26,29H,5-8,11,14,18-19,21H2,1-3H3,(H,36,39);1-4,11H,5-8H2/b15-4+;/t22-,23+,26-,29+,33-,34+;/m0./s1. The molecule has 0 radical (unpaired) electrons. The number of benzene rings is 2. The maximum Gasteiger partial charge on any atom is 0.264 e. The number of piperazine rings is 1. The zero-order valence-electron chi connectivity index (χ0n) is 32.6. The van der Waals surface area contributed by atoms with Crippen molar-refractivity contribution in [2.45, 2.75) is 68.6 Å². The van der Waals surface area contributed by atoms with E-state index in [4.69, 9.17) is 21.1 Å². The van der Waals surface area contributed by atoms with Crippen molar-refractivity contribution in [3.05, 3.63) is 94.8 Å². The van der Waals surface area contributed by atoms with Crippen molar-refractivity contribution in [1.29, 1.82) is 0 Å². The van der Waals surface area contributed by atoms with Gasteiger partial charge in [-0.1, -0.05) is 30.7 Å². The Hall–Kier alpha value is -3.97. The van der Waals surface area contributed by atoms with E-state index in [0.717, 1.165) is 70.3 Å². The zero-order valence-corrected chi connectivity index (χ0v) is 34.2. The Morgan fingerprint density at radius 2 is 1.82 bits per heavy atom. The van der Waals surface area contributed by atoms with E-state index in [1.165, 1.54) is 16.8 Å². The van der Waals surface area contributed by atoms with Crippen LogP contribution in [-0.2, 0) is 31.4 Å². The molecule has 6 atom stereocenters. The highest BCUT2D eigenvalue weighted by atomic mass is 35.5. The van der Waals surface area contributed by atoms with Gasteiger partial charge in [0.25, 0.3) is 5.91 Å². The van der Waals surface area contributed by atoms with Gasteiger partial charge in [-0.15, -0.1) is 0 Å². The predicted molar refractivity (Wildman–Crippen MR) is 220 cm³/mol. The smallest absolute Gasteiger partial charge is 0.264 e. The van der Waals surface area contributed by atoms with Gasteiger partial charge in [-0.3, -0.25) is 14.6 Å². The second kappa shape index (κ2) is 16.9. The van der Waals surface area contributed by atoms with Crippen LogP contribution in [0.3, 0.4) is 0 Å². The number of ether oxygens (including phenoxy) is 2. The number of hydrogen-bond donors (Lipinski definition) is 2. The van der Waals surface area contributed by atoms with Crippen LogP contribution in [-0.4, -0.2) is 89.4 Å². The third kappa shape index (κ3) is 8.21. The second-order valence-corrected chi connectivity index (χ2v) is 18.6. The van der Waals surface area contributed by atoms with Gasteiger partial charge in [-0.05, 0) is 117 Å². The van der Waals surface area contributed by atoms with Gasteiger partial charge >= 0.3 is 0 Å². The molecular weight excluding hydrogens is 750 g/mol. The van der Waals surface area contributed by atoms with Gasteiger partial charge in [0.2, 0.25) is 10.0 Å². The number of methoxy groups -OCH3 is 1. The highest BCUT2D eigenvalue weighted by Gasteiger charge is 2.49. The number of aldehydes is 1. The SMILES string of the molecule is CO[C@@]1(C=O)/C=C/C[C@H](C)[C@@H](C)S(=O)(=O)NC(=O)c2ccc3c(c2)N(C[C@@H]2CC[C@H]21)C[C@@]1(CCCc2cc(Cl)ccc21)CO3.c1cc(N2CCNCC2)ccn1. The normalized spacial score (nSPS) is 30.5. The molecule has 1 saturated carbocycles. The maximum absolute atomic E-state index is 13.4. The lowest BCUT2D eigenvalue weighted by Gasteiger charge is -2.48. The summed E-state index contributed by atoms with van der Waals surface area (Å²) in [4.78, 5) is 34.7. The van der Waals surface area contributed by atoms with Gasteiger partial charge in [-0.25, -0.2) is 13.1 Å². The number of aromatic nitrogens is 1. The number of allylic oxidation sites excluding steroid dienone is 1. The molecule has 1 amide bonds. The van der Waals surface area contributed by atoms with Gasteiger partial charge in [0.05, 0.1) is 17.5 Å². The number of rotatable bonds is 3. The highest BCUT2D eigenvalue weighted by Crippen LogP contribution is 2.48. The Labute approximate surface area is 336 Å². The first-order chi connectivity index (χ1) is 27.0. The lowest BCUT2D eigenvalue weighted by atomic mass is 9.64. The molecule has 8 rings (SSSR count). The van der Waals surface area contributed by atoms with Crippen LogP contribution in [0, 0.1) is 17.8 Å². The van der Waals surface area contributed by atoms with Crippen LogP contribution in [0.2, 0.25) is 5.02 Å². The molecule has 56 heavy (non-hydrogen) atoms. The van der Waals surface area contributed by atoms with E-state index in [9.17, 15) is 18.0 Å². The first kappa shape index (κ1) is 40.2. The number of hydrogen-bond acceptors (Lipinski definition) is 10. The molecule has 4 heterocycles. The molecule has 2 bridgehead atoms. The third-order valence-corrected chi connectivity index (χ3v) is 15.0. The fourth-order valence-corrected chi connectivity index (χ4v) is 10.6. The molecule has 13 heteroatoms. The summed E-state index contributed by atoms with van der Waals surface area (Å²) in [5.74, 6) is -0.203. The van der Waals surface area contributed by atoms with Crippen LogP contribution in [0.25, 0.3) is 0 Å². The fourth-order valence-electron chi connectivity index (χ4n) is 9.16. The Balaban J connectivity index is 0.000000339. The second-order valence-electron chi connectivity index (χ2n) is 16.1. The summed E-state index contributed by atoms with van der Waals surface area (Å²) in [5.41, 5.74) is 3.33. The van der Waals surface area contributed by atoms with Crippen LogP contribution in [0.15, 0.2) is 73.1 Å². The van der Waals surface area contributed by atoms with E-state index < -0.39 is 26.8 Å². The number of halogens is 1. The number of pyridine rings is 1. The lowest BCUT2D eigenvalue weighted by Crippen LogP contribution is -2.53. The Bertz CT molecular complexity index is 2030. The molecule has 300 valence electrons. The molecule has 2 fully saturated rings. The van der Waals surface area contributed by atoms with Crippen molar-refractivity contribution in [3.63, 3.8) is 0 Å². The zero-order chi connectivity index (χ0) is 39.5. The Morgan fingerprint density at radius 1 is 1.04 bits per heavy atom. The summed E-state index contributed by atoms with van der Waals surface area (Å²) in [5, 5.41) is 3.20. The van der Waals surface area contributed by atoms with Gasteiger partial charge in [0, 0.05) is 86.4 Å². The maximum atomic E-state index is 13.4. The van der Waals surface area contributed by atoms with Crippen LogP contribution in [0.1, 0.15) is 67.4 Å². The molecule has 3 aliphatic heterocycles. The topological polar surface area (TPSA) is 130 Å². The summed E-state index contributed by atoms with van der Waals surface area (Å²) < 4.78 is 41.3. The minimum atomic E-state index is -3.97. The number of nitrogens with zero attached hydrogens (tertiary/aromatic N) is 3. The molecule has 3 aromatic rings. The van der Waals surface area contributed by atoms with Crippen molar-refractivity contribution in [2.75, 3.05) is 62.8 Å². The van der Waals surface area contributed by atoms with Gasteiger partial charge in [-0.2, -0.15) is 0 Å². The molecule has 5 aliphatic rings. The van der Waals surface area contributed by atoms with Crippen LogP contribution in [0.4, 0.5) is 11.4 Å². The molecule has 1 spiro atoms. The van der Waals surface area contributed by atoms with E-state index in [1.807, 2.05) is 37.5 Å². The number of carbonyl (C=O) groups is 2. The largest absolute Gasteiger partial charge is 0.490 e. The molecule has 1 saturated heterocycles. The minimum absolute atomic E-state index is 0.0434.